The first-order valence-corrected chi connectivity index (χ1v) is 7.36. The second-order valence-corrected chi connectivity index (χ2v) is 5.79. The molecule has 0 aromatic carbocycles. The predicted octanol–water partition coefficient (Wildman–Crippen LogP) is 2.53. The van der Waals surface area contributed by atoms with Crippen LogP contribution in [0.1, 0.15) is 16.1 Å². The molecule has 3 aromatic heterocycles. The zero-order chi connectivity index (χ0) is 17.6. The van der Waals surface area contributed by atoms with Gasteiger partial charge in [0.2, 0.25) is 11.8 Å². The van der Waals surface area contributed by atoms with Crippen LogP contribution >= 0.6 is 23.2 Å². The number of carbonyl (C=O) groups is 1. The molecule has 3 heterocycles. The highest BCUT2D eigenvalue weighted by Crippen LogP contribution is 2.27. The number of hydrogen-bond donors (Lipinski definition) is 1. The lowest BCUT2D eigenvalue weighted by atomic mass is 10.3. The number of fused-ring (bicyclic) bond motifs is 1. The van der Waals surface area contributed by atoms with E-state index in [-0.39, 0.29) is 28.1 Å². The van der Waals surface area contributed by atoms with E-state index >= 15 is 0 Å². The van der Waals surface area contributed by atoms with Crippen molar-refractivity contribution in [2.75, 3.05) is 0 Å². The molecular formula is C14H10Cl2N4O4. The number of carboxylic acid groups (broad SMARTS) is 1. The Morgan fingerprint density at radius 2 is 2.04 bits per heavy atom. The fourth-order valence-corrected chi connectivity index (χ4v) is 2.73. The second-order valence-electron chi connectivity index (χ2n) is 4.94. The molecular weight excluding hydrogens is 359 g/mol. The van der Waals surface area contributed by atoms with Gasteiger partial charge in [0.15, 0.2) is 11.3 Å². The maximum atomic E-state index is 12.2. The molecule has 0 radical (unpaired) electrons. The number of nitrogens with zero attached hydrogens (tertiary/aromatic N) is 4. The van der Waals surface area contributed by atoms with E-state index in [0.717, 1.165) is 6.07 Å². The fourth-order valence-electron chi connectivity index (χ4n) is 2.22. The summed E-state index contributed by atoms with van der Waals surface area (Å²) >= 11 is 11.9. The van der Waals surface area contributed by atoms with Crippen molar-refractivity contribution >= 4 is 34.8 Å². The van der Waals surface area contributed by atoms with E-state index in [1.807, 2.05) is 0 Å². The van der Waals surface area contributed by atoms with Gasteiger partial charge >= 0.3 is 5.97 Å². The third-order valence-electron chi connectivity index (χ3n) is 3.28. The van der Waals surface area contributed by atoms with Crippen LogP contribution in [0.2, 0.25) is 10.0 Å². The predicted molar refractivity (Wildman–Crippen MR) is 86.5 cm³/mol. The Morgan fingerprint density at radius 3 is 2.67 bits per heavy atom. The van der Waals surface area contributed by atoms with Gasteiger partial charge in [-0.15, -0.1) is 0 Å². The maximum absolute atomic E-state index is 12.2. The van der Waals surface area contributed by atoms with Crippen LogP contribution in [-0.2, 0) is 7.05 Å². The number of ether oxygens (including phenoxy) is 1. The zero-order valence-electron chi connectivity index (χ0n) is 12.4. The van der Waals surface area contributed by atoms with Gasteiger partial charge < -0.3 is 9.84 Å². The van der Waals surface area contributed by atoms with Crippen molar-refractivity contribution < 1.29 is 14.6 Å². The van der Waals surface area contributed by atoms with Crippen LogP contribution in [0.25, 0.3) is 5.65 Å². The van der Waals surface area contributed by atoms with Crippen molar-refractivity contribution in [3.8, 4) is 11.8 Å². The van der Waals surface area contributed by atoms with E-state index in [0.29, 0.717) is 10.6 Å². The number of aromatic nitrogens is 4. The topological polar surface area (TPSA) is 98.7 Å². The minimum atomic E-state index is -1.18. The lowest BCUT2D eigenvalue weighted by Gasteiger charge is -2.08. The summed E-state index contributed by atoms with van der Waals surface area (Å²) in [5.41, 5.74) is -0.108. The minimum absolute atomic E-state index is 0.0349. The average Bonchev–Trinajstić information content (AvgIpc) is 2.77. The van der Waals surface area contributed by atoms with Gasteiger partial charge in [0, 0.05) is 18.8 Å². The summed E-state index contributed by atoms with van der Waals surface area (Å²) in [6.45, 7) is 1.55. The first-order valence-electron chi connectivity index (χ1n) is 6.61. The van der Waals surface area contributed by atoms with Crippen molar-refractivity contribution in [2.45, 2.75) is 6.92 Å². The minimum Gasteiger partial charge on any atom is -0.476 e. The smallest absolute Gasteiger partial charge is 0.356 e. The average molecular weight is 369 g/mol. The molecule has 124 valence electrons. The third-order valence-corrected chi connectivity index (χ3v) is 3.77. The molecule has 8 nitrogen and oxygen atoms in total. The number of aryl methyl sites for hydroxylation is 1. The van der Waals surface area contributed by atoms with Crippen molar-refractivity contribution in [1.29, 1.82) is 0 Å². The quantitative estimate of drug-likeness (QED) is 0.762. The van der Waals surface area contributed by atoms with Gasteiger partial charge in [0.1, 0.15) is 0 Å². The van der Waals surface area contributed by atoms with Crippen LogP contribution in [0.15, 0.2) is 23.1 Å². The number of rotatable bonds is 3. The second kappa shape index (κ2) is 5.81. The van der Waals surface area contributed by atoms with E-state index in [1.54, 1.807) is 6.92 Å². The van der Waals surface area contributed by atoms with Crippen LogP contribution in [0.5, 0.6) is 11.8 Å². The van der Waals surface area contributed by atoms with Gasteiger partial charge in [0.25, 0.3) is 5.56 Å². The third kappa shape index (κ3) is 2.70. The molecule has 0 saturated heterocycles. The summed E-state index contributed by atoms with van der Waals surface area (Å²) in [5.74, 6) is -1.05. The molecule has 0 aliphatic carbocycles. The van der Waals surface area contributed by atoms with E-state index in [4.69, 9.17) is 33.0 Å². The molecule has 0 spiro atoms. The van der Waals surface area contributed by atoms with E-state index in [9.17, 15) is 9.59 Å². The number of pyridine rings is 1. The Morgan fingerprint density at radius 1 is 1.33 bits per heavy atom. The monoisotopic (exact) mass is 368 g/mol. The summed E-state index contributed by atoms with van der Waals surface area (Å²) < 4.78 is 8.01. The van der Waals surface area contributed by atoms with Crippen LogP contribution < -0.4 is 10.3 Å². The molecule has 0 unspecified atom stereocenters. The van der Waals surface area contributed by atoms with Gasteiger partial charge in [0.05, 0.1) is 16.1 Å². The summed E-state index contributed by atoms with van der Waals surface area (Å²) in [7, 11) is 1.52. The molecule has 10 heteroatoms. The molecule has 0 fully saturated rings. The molecule has 1 N–H and O–H groups in total. The lowest BCUT2D eigenvalue weighted by molar-refractivity contribution is 0.0689. The maximum Gasteiger partial charge on any atom is 0.356 e. The summed E-state index contributed by atoms with van der Waals surface area (Å²) in [5, 5.41) is 13.4. The Labute approximate surface area is 144 Å². The van der Waals surface area contributed by atoms with Gasteiger partial charge in [-0.2, -0.15) is 10.1 Å². The van der Waals surface area contributed by atoms with Crippen LogP contribution in [-0.4, -0.2) is 30.2 Å². The standard InChI is InChI=1S/C14H10Cl2N4O4/c1-6-11(14(22)23)18-19(2)13(6)24-9-4-10(21)20-5-7(15)3-8(16)12(20)17-9/h3-5H,1-2H3,(H,22,23). The Kier molecular flexibility index (Phi) is 3.94. The van der Waals surface area contributed by atoms with E-state index in [2.05, 4.69) is 10.1 Å². The summed E-state index contributed by atoms with van der Waals surface area (Å²) in [6.07, 6.45) is 1.39. The van der Waals surface area contributed by atoms with Gasteiger partial charge in [-0.1, -0.05) is 23.2 Å². The van der Waals surface area contributed by atoms with E-state index < -0.39 is 11.5 Å². The first-order chi connectivity index (χ1) is 11.3. The largest absolute Gasteiger partial charge is 0.476 e. The summed E-state index contributed by atoms with van der Waals surface area (Å²) in [6, 6.07) is 2.60. The highest BCUT2D eigenvalue weighted by atomic mass is 35.5. The van der Waals surface area contributed by atoms with Crippen molar-refractivity contribution in [3.05, 3.63) is 50.0 Å². The molecule has 0 saturated carbocycles. The van der Waals surface area contributed by atoms with Crippen molar-refractivity contribution in [3.63, 3.8) is 0 Å². The molecule has 0 atom stereocenters. The van der Waals surface area contributed by atoms with Gasteiger partial charge in [-0.3, -0.25) is 9.20 Å². The van der Waals surface area contributed by atoms with Crippen LogP contribution in [0, 0.1) is 6.92 Å². The lowest BCUT2D eigenvalue weighted by Crippen LogP contribution is -2.14. The zero-order valence-corrected chi connectivity index (χ0v) is 14.0. The molecule has 0 aliphatic rings. The Balaban J connectivity index is 2.12. The Hall–Kier alpha value is -2.58. The molecule has 3 rings (SSSR count). The highest BCUT2D eigenvalue weighted by Gasteiger charge is 2.20. The van der Waals surface area contributed by atoms with Gasteiger partial charge in [-0.25, -0.2) is 9.48 Å². The van der Waals surface area contributed by atoms with E-state index in [1.165, 1.54) is 28.4 Å². The highest BCUT2D eigenvalue weighted by molar-refractivity contribution is 6.36. The number of halogens is 2. The molecule has 0 aliphatic heterocycles. The molecule has 0 amide bonds. The summed E-state index contributed by atoms with van der Waals surface area (Å²) in [4.78, 5) is 27.5. The Bertz CT molecular complexity index is 1040. The normalized spacial score (nSPS) is 11.0. The van der Waals surface area contributed by atoms with Crippen molar-refractivity contribution in [2.24, 2.45) is 7.05 Å². The molecule has 3 aromatic rings. The van der Waals surface area contributed by atoms with Crippen LogP contribution in [0.4, 0.5) is 0 Å². The number of hydrogen-bond acceptors (Lipinski definition) is 5. The molecule has 0 bridgehead atoms. The SMILES string of the molecule is Cc1c(C(=O)O)nn(C)c1Oc1cc(=O)n2cc(Cl)cc(Cl)c2n1. The molecule has 24 heavy (non-hydrogen) atoms. The first kappa shape index (κ1) is 16.3. The number of aromatic carboxylic acids is 1. The number of carboxylic acids is 1. The van der Waals surface area contributed by atoms with Gasteiger partial charge in [-0.05, 0) is 13.0 Å². The van der Waals surface area contributed by atoms with Crippen molar-refractivity contribution in [1.82, 2.24) is 19.2 Å². The fraction of sp³-hybridized carbons (Fsp3) is 0.143. The van der Waals surface area contributed by atoms with Crippen LogP contribution in [0.3, 0.4) is 0 Å².